The minimum atomic E-state index is -1.53. The Morgan fingerprint density at radius 3 is 1.40 bits per heavy atom. The first-order chi connectivity index (χ1) is 24.4. The molecule has 0 aromatic rings. The van der Waals surface area contributed by atoms with E-state index >= 15 is 0 Å². The van der Waals surface area contributed by atoms with Crippen LogP contribution in [0.3, 0.4) is 0 Å². The SMILES string of the molecule is CCCCCCCCCCCCCCCCCCCCCCCCCCCOCC(COC1OC(CO)C(O)C(O)C1O)OC(=O)CCCC. The number of hydrogen-bond donors (Lipinski definition) is 4. The van der Waals surface area contributed by atoms with E-state index in [1.807, 2.05) is 6.92 Å². The van der Waals surface area contributed by atoms with Crippen molar-refractivity contribution in [3.05, 3.63) is 0 Å². The Morgan fingerprint density at radius 1 is 0.560 bits per heavy atom. The van der Waals surface area contributed by atoms with Gasteiger partial charge >= 0.3 is 5.97 Å². The largest absolute Gasteiger partial charge is 0.457 e. The van der Waals surface area contributed by atoms with Gasteiger partial charge in [-0.1, -0.05) is 174 Å². The van der Waals surface area contributed by atoms with Crippen molar-refractivity contribution >= 4 is 5.97 Å². The highest BCUT2D eigenvalue weighted by molar-refractivity contribution is 5.69. The minimum Gasteiger partial charge on any atom is -0.457 e. The second kappa shape index (κ2) is 34.0. The summed E-state index contributed by atoms with van der Waals surface area (Å²) >= 11 is 0. The van der Waals surface area contributed by atoms with Gasteiger partial charge in [-0.15, -0.1) is 0 Å². The Morgan fingerprint density at radius 2 is 0.980 bits per heavy atom. The molecule has 1 aliphatic rings. The number of carbonyl (C=O) groups is 1. The summed E-state index contributed by atoms with van der Waals surface area (Å²) in [7, 11) is 0. The third kappa shape index (κ3) is 25.2. The maximum absolute atomic E-state index is 12.3. The van der Waals surface area contributed by atoms with Crippen molar-refractivity contribution in [3.8, 4) is 0 Å². The topological polar surface area (TPSA) is 135 Å². The van der Waals surface area contributed by atoms with E-state index in [2.05, 4.69) is 6.92 Å². The molecule has 0 spiro atoms. The van der Waals surface area contributed by atoms with Gasteiger partial charge in [0.05, 0.1) is 19.8 Å². The van der Waals surface area contributed by atoms with E-state index < -0.39 is 43.4 Å². The van der Waals surface area contributed by atoms with Crippen LogP contribution in [0.25, 0.3) is 0 Å². The lowest BCUT2D eigenvalue weighted by molar-refractivity contribution is -0.305. The van der Waals surface area contributed by atoms with E-state index in [-0.39, 0.29) is 19.2 Å². The Bertz CT molecular complexity index is 737. The highest BCUT2D eigenvalue weighted by Crippen LogP contribution is 2.22. The standard InChI is InChI=1S/C41H80O9/c1-3-5-7-8-9-10-11-12-13-14-15-16-17-18-19-20-21-22-23-24-25-26-27-28-29-31-47-33-35(49-37(43)30-6-4-2)34-48-41-40(46)39(45)38(44)36(32-42)50-41/h35-36,38-42,44-46H,3-34H2,1-2H3. The van der Waals surface area contributed by atoms with Crippen LogP contribution in [-0.4, -0.2) is 89.6 Å². The molecule has 0 bridgehead atoms. The summed E-state index contributed by atoms with van der Waals surface area (Å²) in [5, 5.41) is 39.6. The molecule has 0 saturated carbocycles. The predicted molar refractivity (Wildman–Crippen MR) is 201 cm³/mol. The fourth-order valence-electron chi connectivity index (χ4n) is 6.65. The summed E-state index contributed by atoms with van der Waals surface area (Å²) in [5.41, 5.74) is 0. The van der Waals surface area contributed by atoms with Gasteiger partial charge in [0.25, 0.3) is 0 Å². The van der Waals surface area contributed by atoms with Gasteiger partial charge in [-0.25, -0.2) is 0 Å². The third-order valence-corrected chi connectivity index (χ3v) is 10.0. The molecular weight excluding hydrogens is 636 g/mol. The molecule has 1 aliphatic heterocycles. The maximum Gasteiger partial charge on any atom is 0.306 e. The summed E-state index contributed by atoms with van der Waals surface area (Å²) in [6.07, 6.45) is 28.4. The van der Waals surface area contributed by atoms with E-state index in [4.69, 9.17) is 18.9 Å². The van der Waals surface area contributed by atoms with Crippen LogP contribution in [0.5, 0.6) is 0 Å². The van der Waals surface area contributed by atoms with Crippen LogP contribution < -0.4 is 0 Å². The van der Waals surface area contributed by atoms with E-state index in [1.54, 1.807) is 0 Å². The zero-order valence-corrected chi connectivity index (χ0v) is 32.4. The number of esters is 1. The lowest BCUT2D eigenvalue weighted by Gasteiger charge is -2.39. The molecule has 50 heavy (non-hydrogen) atoms. The van der Waals surface area contributed by atoms with E-state index in [9.17, 15) is 25.2 Å². The molecule has 1 heterocycles. The monoisotopic (exact) mass is 717 g/mol. The second-order valence-electron chi connectivity index (χ2n) is 14.8. The molecule has 1 rings (SSSR count). The summed E-state index contributed by atoms with van der Waals surface area (Å²) in [4.78, 5) is 12.3. The lowest BCUT2D eigenvalue weighted by Crippen LogP contribution is -2.59. The number of hydrogen-bond acceptors (Lipinski definition) is 9. The first kappa shape index (κ1) is 47.2. The Balaban J connectivity index is 1.97. The zero-order valence-electron chi connectivity index (χ0n) is 32.4. The van der Waals surface area contributed by atoms with Gasteiger partial charge in [0.15, 0.2) is 6.29 Å². The molecule has 0 aromatic carbocycles. The van der Waals surface area contributed by atoms with Crippen molar-refractivity contribution in [1.82, 2.24) is 0 Å². The molecule has 4 N–H and O–H groups in total. The number of ether oxygens (including phenoxy) is 4. The number of carbonyl (C=O) groups excluding carboxylic acids is 1. The van der Waals surface area contributed by atoms with Crippen molar-refractivity contribution in [1.29, 1.82) is 0 Å². The molecular formula is C41H80O9. The summed E-state index contributed by atoms with van der Waals surface area (Å²) < 4.78 is 22.4. The molecule has 1 fully saturated rings. The number of rotatable bonds is 36. The van der Waals surface area contributed by atoms with E-state index in [1.165, 1.54) is 148 Å². The van der Waals surface area contributed by atoms with Gasteiger partial charge in [-0.05, 0) is 12.8 Å². The molecule has 9 nitrogen and oxygen atoms in total. The van der Waals surface area contributed by atoms with Gasteiger partial charge in [-0.3, -0.25) is 4.79 Å². The summed E-state index contributed by atoms with van der Waals surface area (Å²) in [5.74, 6) is -0.345. The average molecular weight is 717 g/mol. The highest BCUT2D eigenvalue weighted by atomic mass is 16.7. The van der Waals surface area contributed by atoms with Gasteiger partial charge < -0.3 is 39.4 Å². The van der Waals surface area contributed by atoms with Gasteiger partial charge in [-0.2, -0.15) is 0 Å². The van der Waals surface area contributed by atoms with Crippen molar-refractivity contribution in [2.24, 2.45) is 0 Å². The minimum absolute atomic E-state index is 0.111. The van der Waals surface area contributed by atoms with Crippen LogP contribution in [0, 0.1) is 0 Å². The smallest absolute Gasteiger partial charge is 0.306 e. The van der Waals surface area contributed by atoms with Crippen LogP contribution in [0.4, 0.5) is 0 Å². The number of aliphatic hydroxyl groups excluding tert-OH is 4. The summed E-state index contributed by atoms with van der Waals surface area (Å²) in [6, 6.07) is 0. The van der Waals surface area contributed by atoms with Crippen LogP contribution >= 0.6 is 0 Å². The maximum atomic E-state index is 12.3. The first-order valence-corrected chi connectivity index (χ1v) is 21.1. The van der Waals surface area contributed by atoms with E-state index in [0.29, 0.717) is 13.0 Å². The lowest BCUT2D eigenvalue weighted by atomic mass is 9.99. The van der Waals surface area contributed by atoms with Crippen LogP contribution in [0.2, 0.25) is 0 Å². The number of aliphatic hydroxyl groups is 4. The quantitative estimate of drug-likeness (QED) is 0.0371. The van der Waals surface area contributed by atoms with Gasteiger partial charge in [0.1, 0.15) is 30.5 Å². The van der Waals surface area contributed by atoms with Crippen molar-refractivity contribution in [2.45, 2.75) is 230 Å². The van der Waals surface area contributed by atoms with Crippen LogP contribution in [-0.2, 0) is 23.7 Å². The number of unbranched alkanes of at least 4 members (excludes halogenated alkanes) is 25. The van der Waals surface area contributed by atoms with Gasteiger partial charge in [0.2, 0.25) is 0 Å². The van der Waals surface area contributed by atoms with Crippen LogP contribution in [0.1, 0.15) is 194 Å². The summed E-state index contributed by atoms with van der Waals surface area (Å²) in [6.45, 7) is 4.34. The fourth-order valence-corrected chi connectivity index (χ4v) is 6.65. The molecule has 0 aromatic heterocycles. The third-order valence-electron chi connectivity index (χ3n) is 10.0. The zero-order chi connectivity index (χ0) is 36.5. The van der Waals surface area contributed by atoms with E-state index in [0.717, 1.165) is 25.7 Å². The molecule has 0 aliphatic carbocycles. The van der Waals surface area contributed by atoms with Crippen molar-refractivity contribution in [2.75, 3.05) is 26.4 Å². The molecule has 6 unspecified atom stereocenters. The van der Waals surface area contributed by atoms with Crippen molar-refractivity contribution < 1.29 is 44.2 Å². The molecule has 0 amide bonds. The van der Waals surface area contributed by atoms with Gasteiger partial charge in [0, 0.05) is 13.0 Å². The normalized spacial score (nSPS) is 21.4. The molecule has 298 valence electrons. The van der Waals surface area contributed by atoms with Crippen molar-refractivity contribution in [3.63, 3.8) is 0 Å². The van der Waals surface area contributed by atoms with Crippen LogP contribution in [0.15, 0.2) is 0 Å². The second-order valence-corrected chi connectivity index (χ2v) is 14.8. The molecule has 6 atom stereocenters. The highest BCUT2D eigenvalue weighted by Gasteiger charge is 2.44. The Hall–Kier alpha value is -0.810. The Labute approximate surface area is 306 Å². The molecule has 9 heteroatoms. The fraction of sp³-hybridized carbons (Fsp3) is 0.976. The first-order valence-electron chi connectivity index (χ1n) is 21.1. The molecule has 1 saturated heterocycles. The predicted octanol–water partition coefficient (Wildman–Crippen LogP) is 8.69. The Kier molecular flexibility index (Phi) is 32.1. The average Bonchev–Trinajstić information content (AvgIpc) is 3.12. The molecule has 0 radical (unpaired) electrons.